The molecule has 2 aromatic carbocycles. The lowest BCUT2D eigenvalue weighted by Crippen LogP contribution is -2.43. The first-order valence-corrected chi connectivity index (χ1v) is 11.2. The van der Waals surface area contributed by atoms with Gasteiger partial charge in [-0.15, -0.1) is 0 Å². The predicted molar refractivity (Wildman–Crippen MR) is 121 cm³/mol. The Kier molecular flexibility index (Phi) is 4.18. The summed E-state index contributed by atoms with van der Waals surface area (Å²) in [5.41, 5.74) is 2.58. The van der Waals surface area contributed by atoms with Crippen molar-refractivity contribution >= 4 is 17.5 Å². The minimum absolute atomic E-state index is 0.0243. The van der Waals surface area contributed by atoms with E-state index >= 15 is 0 Å². The Bertz CT molecular complexity index is 1230. The minimum Gasteiger partial charge on any atom is -0.497 e. The number of ether oxygens (including phenoxy) is 1. The van der Waals surface area contributed by atoms with Crippen LogP contribution in [0.25, 0.3) is 0 Å². The van der Waals surface area contributed by atoms with Crippen molar-refractivity contribution in [3.63, 3.8) is 0 Å². The quantitative estimate of drug-likeness (QED) is 0.675. The summed E-state index contributed by atoms with van der Waals surface area (Å²) < 4.78 is 7.58. The van der Waals surface area contributed by atoms with Gasteiger partial charge in [0.05, 0.1) is 13.2 Å². The second-order valence-electron chi connectivity index (χ2n) is 8.93. The van der Waals surface area contributed by atoms with Crippen LogP contribution in [0, 0.1) is 0 Å². The van der Waals surface area contributed by atoms with Crippen LogP contribution in [0.5, 0.6) is 5.75 Å². The van der Waals surface area contributed by atoms with Crippen LogP contribution < -0.4 is 10.1 Å². The number of benzene rings is 2. The predicted octanol–water partition coefficient (Wildman–Crippen LogP) is 4.31. The van der Waals surface area contributed by atoms with E-state index in [0.29, 0.717) is 30.5 Å². The molecule has 1 aliphatic carbocycles. The highest BCUT2D eigenvalue weighted by atomic mass is 16.5. The van der Waals surface area contributed by atoms with Crippen LogP contribution in [0.4, 0.5) is 5.69 Å². The smallest absolute Gasteiger partial charge is 0.271 e. The molecule has 2 amide bonds. The molecule has 162 valence electrons. The van der Waals surface area contributed by atoms with Crippen molar-refractivity contribution in [1.82, 2.24) is 9.47 Å². The molecule has 3 aromatic rings. The fourth-order valence-electron chi connectivity index (χ4n) is 5.57. The number of nitrogens with zero attached hydrogens (tertiary/aromatic N) is 2. The number of fused-ring (bicyclic) bond motifs is 2. The number of anilines is 1. The summed E-state index contributed by atoms with van der Waals surface area (Å²) in [5, 5.41) is 3.08. The van der Waals surface area contributed by atoms with Gasteiger partial charge in [-0.25, -0.2) is 0 Å². The SMILES string of the molecule is COc1cccc(C2N(C(=O)c3cccn3C3CC3)CCC23C(=O)Nc2ccccc23)c1. The number of carbonyl (C=O) groups is 2. The van der Waals surface area contributed by atoms with E-state index in [4.69, 9.17) is 4.74 Å². The van der Waals surface area contributed by atoms with Crippen LogP contribution >= 0.6 is 0 Å². The van der Waals surface area contributed by atoms with Gasteiger partial charge in [0.15, 0.2) is 0 Å². The largest absolute Gasteiger partial charge is 0.497 e. The second-order valence-corrected chi connectivity index (χ2v) is 8.93. The highest BCUT2D eigenvalue weighted by Gasteiger charge is 2.59. The number of aromatic nitrogens is 1. The Morgan fingerprint density at radius 2 is 1.94 bits per heavy atom. The highest BCUT2D eigenvalue weighted by molar-refractivity contribution is 6.08. The normalized spacial score (nSPS) is 24.0. The number of hydrogen-bond acceptors (Lipinski definition) is 3. The van der Waals surface area contributed by atoms with E-state index in [1.54, 1.807) is 7.11 Å². The summed E-state index contributed by atoms with van der Waals surface area (Å²) in [6.07, 6.45) is 4.78. The van der Waals surface area contributed by atoms with Gasteiger partial charge in [-0.3, -0.25) is 9.59 Å². The second kappa shape index (κ2) is 6.99. The fraction of sp³-hybridized carbons (Fsp3) is 0.308. The molecule has 1 saturated carbocycles. The molecular formula is C26H25N3O3. The first-order chi connectivity index (χ1) is 15.6. The Labute approximate surface area is 186 Å². The number of amides is 2. The van der Waals surface area contributed by atoms with Gasteiger partial charge < -0.3 is 19.5 Å². The molecule has 1 N–H and O–H groups in total. The van der Waals surface area contributed by atoms with Crippen LogP contribution in [0.15, 0.2) is 66.9 Å². The van der Waals surface area contributed by atoms with E-state index in [1.807, 2.05) is 71.8 Å². The van der Waals surface area contributed by atoms with Crippen molar-refractivity contribution in [2.75, 3.05) is 19.0 Å². The monoisotopic (exact) mass is 427 g/mol. The maximum Gasteiger partial charge on any atom is 0.271 e. The van der Waals surface area contributed by atoms with Gasteiger partial charge in [-0.2, -0.15) is 0 Å². The average Bonchev–Trinajstić information content (AvgIpc) is 3.30. The fourth-order valence-corrected chi connectivity index (χ4v) is 5.57. The lowest BCUT2D eigenvalue weighted by Gasteiger charge is -2.34. The molecule has 2 aliphatic heterocycles. The van der Waals surface area contributed by atoms with Crippen molar-refractivity contribution in [1.29, 1.82) is 0 Å². The number of methoxy groups -OCH3 is 1. The number of para-hydroxylation sites is 1. The molecule has 1 aromatic heterocycles. The summed E-state index contributed by atoms with van der Waals surface area (Å²) in [5.74, 6) is 0.646. The number of hydrogen-bond donors (Lipinski definition) is 1. The summed E-state index contributed by atoms with van der Waals surface area (Å²) >= 11 is 0. The van der Waals surface area contributed by atoms with Crippen molar-refractivity contribution in [2.24, 2.45) is 0 Å². The minimum atomic E-state index is -0.824. The Morgan fingerprint density at radius 3 is 2.75 bits per heavy atom. The van der Waals surface area contributed by atoms with Gasteiger partial charge in [-0.1, -0.05) is 30.3 Å². The van der Waals surface area contributed by atoms with Gasteiger partial charge in [0.1, 0.15) is 16.9 Å². The number of nitrogens with one attached hydrogen (secondary N) is 1. The van der Waals surface area contributed by atoms with Gasteiger partial charge in [0.2, 0.25) is 5.91 Å². The third kappa shape index (κ3) is 2.65. The molecule has 6 nitrogen and oxygen atoms in total. The summed E-state index contributed by atoms with van der Waals surface area (Å²) in [6.45, 7) is 0.512. The van der Waals surface area contributed by atoms with E-state index in [1.165, 1.54) is 0 Å². The standard InChI is InChI=1S/C26H25N3O3/c1-32-19-7-4-6-17(16-19)23-26(20-8-2-3-9-21(20)27-25(26)31)13-15-29(23)24(30)22-10-5-14-28(22)18-11-12-18/h2-10,14,16,18,23H,11-13,15H2,1H3,(H,27,31). The molecule has 3 aliphatic rings. The average molecular weight is 428 g/mol. The van der Waals surface area contributed by atoms with Crippen LogP contribution in [-0.4, -0.2) is 34.9 Å². The third-order valence-corrected chi connectivity index (χ3v) is 7.20. The van der Waals surface area contributed by atoms with E-state index in [2.05, 4.69) is 9.88 Å². The van der Waals surface area contributed by atoms with Crippen molar-refractivity contribution in [2.45, 2.75) is 36.8 Å². The Balaban J connectivity index is 1.51. The van der Waals surface area contributed by atoms with Gasteiger partial charge >= 0.3 is 0 Å². The zero-order valence-electron chi connectivity index (χ0n) is 18.0. The van der Waals surface area contributed by atoms with Gasteiger partial charge in [0.25, 0.3) is 5.91 Å². The van der Waals surface area contributed by atoms with Crippen LogP contribution in [0.3, 0.4) is 0 Å². The zero-order valence-corrected chi connectivity index (χ0v) is 18.0. The van der Waals surface area contributed by atoms with Gasteiger partial charge in [-0.05, 0) is 60.7 Å². The van der Waals surface area contributed by atoms with Crippen LogP contribution in [-0.2, 0) is 10.2 Å². The van der Waals surface area contributed by atoms with E-state index < -0.39 is 11.5 Å². The van der Waals surface area contributed by atoms with Crippen molar-refractivity contribution in [3.8, 4) is 5.75 Å². The molecule has 0 bridgehead atoms. The van der Waals surface area contributed by atoms with Crippen LogP contribution in [0.2, 0.25) is 0 Å². The van der Waals surface area contributed by atoms with Crippen molar-refractivity contribution in [3.05, 3.63) is 83.7 Å². The molecular weight excluding hydrogens is 402 g/mol. The topological polar surface area (TPSA) is 63.6 Å². The van der Waals surface area contributed by atoms with E-state index in [-0.39, 0.29) is 11.8 Å². The summed E-state index contributed by atoms with van der Waals surface area (Å²) in [7, 11) is 1.63. The maximum atomic E-state index is 13.9. The Hall–Kier alpha value is -3.54. The zero-order chi connectivity index (χ0) is 21.9. The molecule has 1 spiro atoms. The van der Waals surface area contributed by atoms with E-state index in [9.17, 15) is 9.59 Å². The molecule has 6 rings (SSSR count). The molecule has 3 heterocycles. The number of likely N-dealkylation sites (tertiary alicyclic amines) is 1. The molecule has 32 heavy (non-hydrogen) atoms. The maximum absolute atomic E-state index is 13.9. The van der Waals surface area contributed by atoms with Gasteiger partial charge in [0, 0.05) is 24.5 Å². The molecule has 0 radical (unpaired) electrons. The molecule has 6 heteroatoms. The van der Waals surface area contributed by atoms with Crippen LogP contribution in [0.1, 0.15) is 53.0 Å². The molecule has 2 fully saturated rings. The first-order valence-electron chi connectivity index (χ1n) is 11.2. The molecule has 2 atom stereocenters. The van der Waals surface area contributed by atoms with E-state index in [0.717, 1.165) is 29.7 Å². The molecule has 1 saturated heterocycles. The highest BCUT2D eigenvalue weighted by Crippen LogP contribution is 2.55. The summed E-state index contributed by atoms with van der Waals surface area (Å²) in [4.78, 5) is 29.3. The third-order valence-electron chi connectivity index (χ3n) is 7.20. The summed E-state index contributed by atoms with van der Waals surface area (Å²) in [6, 6.07) is 19.4. The lowest BCUT2D eigenvalue weighted by molar-refractivity contribution is -0.121. The lowest BCUT2D eigenvalue weighted by atomic mass is 9.72. The van der Waals surface area contributed by atoms with Crippen molar-refractivity contribution < 1.29 is 14.3 Å². The number of rotatable bonds is 4. The molecule has 2 unspecified atom stereocenters. The Morgan fingerprint density at radius 1 is 1.09 bits per heavy atom. The first kappa shape index (κ1) is 19.2. The number of carbonyl (C=O) groups excluding carboxylic acids is 2.